The Kier molecular flexibility index (Phi) is 9.03. The van der Waals surface area contributed by atoms with E-state index in [9.17, 15) is 9.59 Å². The summed E-state index contributed by atoms with van der Waals surface area (Å²) in [7, 11) is 0. The van der Waals surface area contributed by atoms with Crippen LogP contribution in [0.2, 0.25) is 5.02 Å². The van der Waals surface area contributed by atoms with Crippen LogP contribution < -0.4 is 14.8 Å². The van der Waals surface area contributed by atoms with Crippen molar-refractivity contribution in [3.63, 3.8) is 0 Å². The van der Waals surface area contributed by atoms with E-state index >= 15 is 0 Å². The molecule has 1 heterocycles. The van der Waals surface area contributed by atoms with Gasteiger partial charge in [0.25, 0.3) is 0 Å². The molecule has 2 aromatic carbocycles. The molecule has 0 aromatic heterocycles. The van der Waals surface area contributed by atoms with Crippen molar-refractivity contribution in [2.24, 2.45) is 0 Å². The molecule has 1 saturated heterocycles. The number of carbonyl (C=O) groups is 2. The fourth-order valence-corrected chi connectivity index (χ4v) is 3.67. The third kappa shape index (κ3) is 7.79. The zero-order chi connectivity index (χ0) is 21.9. The minimum atomic E-state index is 0.0174. The predicted octanol–water partition coefficient (Wildman–Crippen LogP) is 4.08. The van der Waals surface area contributed by atoms with Gasteiger partial charge < -0.3 is 19.7 Å². The van der Waals surface area contributed by atoms with Crippen LogP contribution in [0.4, 0.5) is 0 Å². The Morgan fingerprint density at radius 1 is 0.935 bits per heavy atom. The summed E-state index contributed by atoms with van der Waals surface area (Å²) in [4.78, 5) is 26.4. The van der Waals surface area contributed by atoms with E-state index in [0.29, 0.717) is 56.3 Å². The fraction of sp³-hybridized carbons (Fsp3) is 0.417. The Bertz CT molecular complexity index is 838. The zero-order valence-corrected chi connectivity index (χ0v) is 18.4. The van der Waals surface area contributed by atoms with Gasteiger partial charge in [-0.3, -0.25) is 9.59 Å². The molecule has 7 heteroatoms. The number of rotatable bonds is 10. The number of ether oxygens (including phenoxy) is 2. The summed E-state index contributed by atoms with van der Waals surface area (Å²) >= 11 is 6.05. The van der Waals surface area contributed by atoms with Crippen molar-refractivity contribution in [2.75, 3.05) is 26.3 Å². The third-order valence-electron chi connectivity index (χ3n) is 5.18. The topological polar surface area (TPSA) is 67.9 Å². The van der Waals surface area contributed by atoms with Gasteiger partial charge in [0, 0.05) is 25.6 Å². The number of hydrogen-bond acceptors (Lipinski definition) is 4. The van der Waals surface area contributed by atoms with E-state index in [-0.39, 0.29) is 17.9 Å². The van der Waals surface area contributed by atoms with E-state index in [0.717, 1.165) is 18.6 Å². The van der Waals surface area contributed by atoms with Gasteiger partial charge in [0.1, 0.15) is 11.5 Å². The lowest BCUT2D eigenvalue weighted by atomic mass is 10.0. The quantitative estimate of drug-likeness (QED) is 0.561. The van der Waals surface area contributed by atoms with Gasteiger partial charge in [0.05, 0.1) is 24.7 Å². The molecule has 31 heavy (non-hydrogen) atoms. The average Bonchev–Trinajstić information content (AvgIpc) is 2.79. The number of carbonyl (C=O) groups excluding carboxylic acids is 2. The van der Waals surface area contributed by atoms with Crippen LogP contribution in [0.5, 0.6) is 11.5 Å². The van der Waals surface area contributed by atoms with Gasteiger partial charge in [-0.05, 0) is 43.5 Å². The molecule has 6 nitrogen and oxygen atoms in total. The SMILES string of the molecule is O=C(CCCOc1ccccc1Cl)NC1CCN(C(=O)CCOc2ccccc2)CC1. The number of hydrogen-bond donors (Lipinski definition) is 1. The van der Waals surface area contributed by atoms with Crippen LogP contribution in [0.25, 0.3) is 0 Å². The maximum atomic E-state index is 12.4. The van der Waals surface area contributed by atoms with Crippen LogP contribution in [-0.2, 0) is 9.59 Å². The maximum Gasteiger partial charge on any atom is 0.225 e. The van der Waals surface area contributed by atoms with Crippen molar-refractivity contribution in [3.05, 3.63) is 59.6 Å². The first-order valence-corrected chi connectivity index (χ1v) is 11.1. The predicted molar refractivity (Wildman–Crippen MR) is 120 cm³/mol. The van der Waals surface area contributed by atoms with E-state index < -0.39 is 0 Å². The van der Waals surface area contributed by atoms with Crippen LogP contribution in [0, 0.1) is 0 Å². The summed E-state index contributed by atoms with van der Waals surface area (Å²) in [5.41, 5.74) is 0. The molecule has 1 aliphatic rings. The monoisotopic (exact) mass is 444 g/mol. The lowest BCUT2D eigenvalue weighted by molar-refractivity contribution is -0.132. The van der Waals surface area contributed by atoms with E-state index in [2.05, 4.69) is 5.32 Å². The number of benzene rings is 2. The first kappa shape index (κ1) is 22.9. The van der Waals surface area contributed by atoms with Gasteiger partial charge in [-0.1, -0.05) is 41.9 Å². The highest BCUT2D eigenvalue weighted by Crippen LogP contribution is 2.23. The number of piperidine rings is 1. The second-order valence-electron chi connectivity index (χ2n) is 7.52. The normalized spacial score (nSPS) is 14.2. The van der Waals surface area contributed by atoms with Crippen molar-refractivity contribution >= 4 is 23.4 Å². The Morgan fingerprint density at radius 3 is 2.39 bits per heavy atom. The molecule has 0 saturated carbocycles. The largest absolute Gasteiger partial charge is 0.493 e. The number of nitrogens with zero attached hydrogens (tertiary/aromatic N) is 1. The molecule has 166 valence electrons. The maximum absolute atomic E-state index is 12.4. The number of para-hydroxylation sites is 2. The van der Waals surface area contributed by atoms with Gasteiger partial charge in [0.2, 0.25) is 11.8 Å². The van der Waals surface area contributed by atoms with Crippen molar-refractivity contribution in [1.29, 1.82) is 0 Å². The molecule has 0 atom stereocenters. The Labute approximate surface area is 188 Å². The molecule has 0 spiro atoms. The van der Waals surface area contributed by atoms with Crippen LogP contribution >= 0.6 is 11.6 Å². The lowest BCUT2D eigenvalue weighted by Gasteiger charge is -2.32. The van der Waals surface area contributed by atoms with Gasteiger partial charge in [-0.25, -0.2) is 0 Å². The van der Waals surface area contributed by atoms with Crippen LogP contribution in [0.1, 0.15) is 32.1 Å². The molecule has 2 amide bonds. The molecule has 1 aliphatic heterocycles. The van der Waals surface area contributed by atoms with Crippen LogP contribution in [-0.4, -0.2) is 49.1 Å². The minimum absolute atomic E-state index is 0.0174. The highest BCUT2D eigenvalue weighted by Gasteiger charge is 2.23. The summed E-state index contributed by atoms with van der Waals surface area (Å²) in [6.07, 6.45) is 2.92. The molecule has 2 aromatic rings. The molecule has 0 radical (unpaired) electrons. The second-order valence-corrected chi connectivity index (χ2v) is 7.92. The summed E-state index contributed by atoms with van der Waals surface area (Å²) in [5.74, 6) is 1.52. The van der Waals surface area contributed by atoms with Crippen molar-refractivity contribution in [3.8, 4) is 11.5 Å². The van der Waals surface area contributed by atoms with Crippen molar-refractivity contribution in [2.45, 2.75) is 38.1 Å². The summed E-state index contributed by atoms with van der Waals surface area (Å²) in [6.45, 7) is 2.13. The molecule has 3 rings (SSSR count). The second kappa shape index (κ2) is 12.2. The first-order valence-electron chi connectivity index (χ1n) is 10.7. The summed E-state index contributed by atoms with van der Waals surface area (Å²) in [5, 5.41) is 3.64. The zero-order valence-electron chi connectivity index (χ0n) is 17.6. The van der Waals surface area contributed by atoms with Gasteiger partial charge in [0.15, 0.2) is 0 Å². The van der Waals surface area contributed by atoms with E-state index in [1.165, 1.54) is 0 Å². The first-order chi connectivity index (χ1) is 15.1. The van der Waals surface area contributed by atoms with Crippen molar-refractivity contribution in [1.82, 2.24) is 10.2 Å². The molecule has 1 N–H and O–H groups in total. The number of amides is 2. The average molecular weight is 445 g/mol. The van der Waals surface area contributed by atoms with Crippen molar-refractivity contribution < 1.29 is 19.1 Å². The standard InChI is InChI=1S/C24H29ClN2O4/c25-21-9-4-5-10-22(21)31-17-6-11-23(28)26-19-12-15-27(16-13-19)24(29)14-18-30-20-7-2-1-3-8-20/h1-5,7-10,19H,6,11-18H2,(H,26,28). The van der Waals surface area contributed by atoms with E-state index in [1.807, 2.05) is 53.4 Å². The Hall–Kier alpha value is -2.73. The molecule has 1 fully saturated rings. The Balaban J connectivity index is 1.26. The smallest absolute Gasteiger partial charge is 0.225 e. The van der Waals surface area contributed by atoms with Crippen LogP contribution in [0.3, 0.4) is 0 Å². The third-order valence-corrected chi connectivity index (χ3v) is 5.50. The van der Waals surface area contributed by atoms with Gasteiger partial charge in [-0.15, -0.1) is 0 Å². The minimum Gasteiger partial charge on any atom is -0.493 e. The summed E-state index contributed by atoms with van der Waals surface area (Å²) < 4.78 is 11.2. The molecule has 0 unspecified atom stereocenters. The lowest BCUT2D eigenvalue weighted by Crippen LogP contribution is -2.46. The van der Waals surface area contributed by atoms with Crippen LogP contribution in [0.15, 0.2) is 54.6 Å². The van der Waals surface area contributed by atoms with Gasteiger partial charge >= 0.3 is 0 Å². The van der Waals surface area contributed by atoms with E-state index in [4.69, 9.17) is 21.1 Å². The van der Waals surface area contributed by atoms with Gasteiger partial charge in [-0.2, -0.15) is 0 Å². The molecular formula is C24H29ClN2O4. The fourth-order valence-electron chi connectivity index (χ4n) is 3.48. The number of nitrogens with one attached hydrogen (secondary N) is 1. The number of likely N-dealkylation sites (tertiary alicyclic amines) is 1. The summed E-state index contributed by atoms with van der Waals surface area (Å²) in [6, 6.07) is 16.9. The molecule has 0 aliphatic carbocycles. The Morgan fingerprint density at radius 2 is 1.65 bits per heavy atom. The molecular weight excluding hydrogens is 416 g/mol. The highest BCUT2D eigenvalue weighted by molar-refractivity contribution is 6.32. The molecule has 0 bridgehead atoms. The number of halogens is 1. The highest BCUT2D eigenvalue weighted by atomic mass is 35.5. The van der Waals surface area contributed by atoms with E-state index in [1.54, 1.807) is 6.07 Å².